The quantitative estimate of drug-likeness (QED) is 0.707. The van der Waals surface area contributed by atoms with Gasteiger partial charge < -0.3 is 9.88 Å². The number of nitrogens with one attached hydrogen (secondary N) is 1. The highest BCUT2D eigenvalue weighted by atomic mass is 32.2. The highest BCUT2D eigenvalue weighted by Crippen LogP contribution is 2.47. The van der Waals surface area contributed by atoms with E-state index in [1.165, 1.54) is 10.6 Å². The summed E-state index contributed by atoms with van der Waals surface area (Å²) in [6, 6.07) is 15.5. The first kappa shape index (κ1) is 18.2. The van der Waals surface area contributed by atoms with Crippen LogP contribution in [0.1, 0.15) is 28.8 Å². The van der Waals surface area contributed by atoms with E-state index in [9.17, 15) is 13.2 Å². The van der Waals surface area contributed by atoms with E-state index in [-0.39, 0.29) is 11.3 Å². The molecule has 3 heterocycles. The van der Waals surface area contributed by atoms with Gasteiger partial charge >= 0.3 is 0 Å². The highest BCUT2D eigenvalue weighted by Gasteiger charge is 2.47. The Bertz CT molecular complexity index is 1210. The fourth-order valence-electron chi connectivity index (χ4n) is 4.81. The number of aromatic amines is 1. The monoisotopic (exact) mass is 409 g/mol. The average Bonchev–Trinajstić information content (AvgIpc) is 3.31. The second-order valence-corrected chi connectivity index (χ2v) is 10.0. The lowest BCUT2D eigenvalue weighted by atomic mass is 9.74. The summed E-state index contributed by atoms with van der Waals surface area (Å²) in [5.74, 6) is 0.0363. The maximum Gasteiger partial charge on any atom is 0.253 e. The van der Waals surface area contributed by atoms with Crippen LogP contribution in [-0.4, -0.2) is 50.1 Å². The average molecular weight is 410 g/mol. The minimum absolute atomic E-state index is 0.0363. The second kappa shape index (κ2) is 6.35. The fraction of sp³-hybridized carbons (Fsp3) is 0.318. The molecule has 0 saturated carbocycles. The van der Waals surface area contributed by atoms with Crippen molar-refractivity contribution < 1.29 is 13.2 Å². The predicted octanol–water partition coefficient (Wildman–Crippen LogP) is 3.12. The van der Waals surface area contributed by atoms with Crippen molar-refractivity contribution in [2.45, 2.75) is 18.3 Å². The van der Waals surface area contributed by atoms with Gasteiger partial charge in [-0.05, 0) is 48.7 Å². The summed E-state index contributed by atoms with van der Waals surface area (Å²) in [7, 11) is -3.33. The zero-order chi connectivity index (χ0) is 20.2. The first-order valence-electron chi connectivity index (χ1n) is 9.81. The second-order valence-electron chi connectivity index (χ2n) is 8.14. The number of H-pyrrole nitrogens is 1. The molecule has 1 aromatic heterocycles. The molecule has 2 aliphatic rings. The third-order valence-corrected chi connectivity index (χ3v) is 7.53. The maximum absolute atomic E-state index is 13.0. The Kier molecular flexibility index (Phi) is 4.00. The molecule has 1 N–H and O–H groups in total. The van der Waals surface area contributed by atoms with Crippen LogP contribution in [0.2, 0.25) is 0 Å². The molecule has 7 heteroatoms. The molecule has 2 aliphatic heterocycles. The molecule has 1 spiro atoms. The van der Waals surface area contributed by atoms with Gasteiger partial charge in [0.25, 0.3) is 5.91 Å². The molecule has 0 unspecified atom stereocenters. The standard InChI is InChI=1S/C22H23N3O3S/c1-29(27,28)25-15-22(18-4-2-3-5-20(18)25)9-12-24(13-10-22)21(26)17-6-7-19-16(14-17)8-11-23-19/h2-8,11,14,23H,9-10,12-13,15H2,1H3. The van der Waals surface area contributed by atoms with E-state index in [0.717, 1.165) is 35.0 Å². The summed E-state index contributed by atoms with van der Waals surface area (Å²) in [5, 5.41) is 1.03. The highest BCUT2D eigenvalue weighted by molar-refractivity contribution is 7.92. The van der Waals surface area contributed by atoms with E-state index in [1.807, 2.05) is 59.6 Å². The van der Waals surface area contributed by atoms with Crippen LogP contribution in [0, 0.1) is 0 Å². The molecule has 1 amide bonds. The molecule has 1 fully saturated rings. The van der Waals surface area contributed by atoms with Crippen molar-refractivity contribution in [3.63, 3.8) is 0 Å². The van der Waals surface area contributed by atoms with Crippen molar-refractivity contribution in [1.82, 2.24) is 9.88 Å². The SMILES string of the molecule is CS(=O)(=O)N1CC2(CCN(C(=O)c3ccc4[nH]ccc4c3)CC2)c2ccccc21. The largest absolute Gasteiger partial charge is 0.361 e. The number of carbonyl (C=O) groups excluding carboxylic acids is 1. The van der Waals surface area contributed by atoms with Gasteiger partial charge in [0, 0.05) is 47.7 Å². The van der Waals surface area contributed by atoms with Crippen LogP contribution in [-0.2, 0) is 15.4 Å². The topological polar surface area (TPSA) is 73.5 Å². The Balaban J connectivity index is 1.39. The van der Waals surface area contributed by atoms with Crippen molar-refractivity contribution in [1.29, 1.82) is 0 Å². The van der Waals surface area contributed by atoms with Crippen LogP contribution in [0.25, 0.3) is 10.9 Å². The van der Waals surface area contributed by atoms with E-state index >= 15 is 0 Å². The van der Waals surface area contributed by atoms with Crippen molar-refractivity contribution in [2.75, 3.05) is 30.2 Å². The molecule has 0 aliphatic carbocycles. The van der Waals surface area contributed by atoms with Gasteiger partial charge in [0.05, 0.1) is 11.9 Å². The van der Waals surface area contributed by atoms with Crippen LogP contribution < -0.4 is 4.31 Å². The molecule has 3 aromatic rings. The number of anilines is 1. The number of piperidine rings is 1. The first-order chi connectivity index (χ1) is 13.9. The van der Waals surface area contributed by atoms with E-state index in [4.69, 9.17) is 0 Å². The number of para-hydroxylation sites is 1. The fourth-order valence-corrected chi connectivity index (χ4v) is 5.81. The summed E-state index contributed by atoms with van der Waals surface area (Å²) in [4.78, 5) is 18.1. The number of nitrogens with zero attached hydrogens (tertiary/aromatic N) is 2. The van der Waals surface area contributed by atoms with E-state index in [1.54, 1.807) is 0 Å². The Hall–Kier alpha value is -2.80. The number of likely N-dealkylation sites (tertiary alicyclic amines) is 1. The number of sulfonamides is 1. The number of carbonyl (C=O) groups is 1. The normalized spacial score (nSPS) is 18.4. The Morgan fingerprint density at radius 3 is 2.59 bits per heavy atom. The third kappa shape index (κ3) is 2.92. The van der Waals surface area contributed by atoms with E-state index < -0.39 is 10.0 Å². The summed E-state index contributed by atoms with van der Waals surface area (Å²) in [6.45, 7) is 1.70. The number of fused-ring (bicyclic) bond motifs is 3. The Morgan fingerprint density at radius 2 is 1.83 bits per heavy atom. The van der Waals surface area contributed by atoms with Crippen LogP contribution >= 0.6 is 0 Å². The van der Waals surface area contributed by atoms with Gasteiger partial charge in [-0.2, -0.15) is 0 Å². The lowest BCUT2D eigenvalue weighted by Crippen LogP contribution is -2.47. The van der Waals surface area contributed by atoms with E-state index in [0.29, 0.717) is 25.2 Å². The number of hydrogen-bond donors (Lipinski definition) is 1. The molecule has 0 bridgehead atoms. The summed E-state index contributed by atoms with van der Waals surface area (Å²) >= 11 is 0. The molecule has 29 heavy (non-hydrogen) atoms. The minimum atomic E-state index is -3.33. The van der Waals surface area contributed by atoms with Gasteiger partial charge in [-0.25, -0.2) is 8.42 Å². The van der Waals surface area contributed by atoms with Gasteiger partial charge in [0.15, 0.2) is 0 Å². The molecular weight excluding hydrogens is 386 g/mol. The molecule has 150 valence electrons. The number of amides is 1. The van der Waals surface area contributed by atoms with Crippen molar-refractivity contribution in [3.05, 3.63) is 65.9 Å². The lowest BCUT2D eigenvalue weighted by Gasteiger charge is -2.39. The summed E-state index contributed by atoms with van der Waals surface area (Å²) < 4.78 is 26.2. The number of benzene rings is 2. The Labute approximate surface area is 170 Å². The van der Waals surface area contributed by atoms with Gasteiger partial charge in [0.1, 0.15) is 0 Å². The molecule has 1 saturated heterocycles. The zero-order valence-electron chi connectivity index (χ0n) is 16.3. The van der Waals surface area contributed by atoms with Crippen LogP contribution in [0.5, 0.6) is 0 Å². The number of hydrogen-bond acceptors (Lipinski definition) is 3. The van der Waals surface area contributed by atoms with Gasteiger partial charge in [-0.15, -0.1) is 0 Å². The zero-order valence-corrected chi connectivity index (χ0v) is 17.1. The van der Waals surface area contributed by atoms with Crippen LogP contribution in [0.4, 0.5) is 5.69 Å². The smallest absolute Gasteiger partial charge is 0.253 e. The summed E-state index contributed by atoms with van der Waals surface area (Å²) in [6.07, 6.45) is 4.65. The first-order valence-corrected chi connectivity index (χ1v) is 11.7. The molecule has 0 radical (unpaired) electrons. The molecule has 0 atom stereocenters. The van der Waals surface area contributed by atoms with Gasteiger partial charge in [0.2, 0.25) is 10.0 Å². The number of aromatic nitrogens is 1. The number of rotatable bonds is 2. The molecule has 6 nitrogen and oxygen atoms in total. The Morgan fingerprint density at radius 1 is 1.07 bits per heavy atom. The van der Waals surface area contributed by atoms with Crippen LogP contribution in [0.15, 0.2) is 54.7 Å². The lowest BCUT2D eigenvalue weighted by molar-refractivity contribution is 0.0675. The molecule has 2 aromatic carbocycles. The molecule has 5 rings (SSSR count). The van der Waals surface area contributed by atoms with Crippen molar-refractivity contribution >= 4 is 32.5 Å². The van der Waals surface area contributed by atoms with Crippen molar-refractivity contribution in [2.24, 2.45) is 0 Å². The van der Waals surface area contributed by atoms with Gasteiger partial charge in [-0.1, -0.05) is 18.2 Å². The molecular formula is C22H23N3O3S. The van der Waals surface area contributed by atoms with Crippen molar-refractivity contribution in [3.8, 4) is 0 Å². The van der Waals surface area contributed by atoms with Crippen LogP contribution in [0.3, 0.4) is 0 Å². The maximum atomic E-state index is 13.0. The third-order valence-electron chi connectivity index (χ3n) is 6.40. The summed E-state index contributed by atoms with van der Waals surface area (Å²) in [5.41, 5.74) is 3.36. The minimum Gasteiger partial charge on any atom is -0.361 e. The van der Waals surface area contributed by atoms with Gasteiger partial charge in [-0.3, -0.25) is 9.10 Å². The predicted molar refractivity (Wildman–Crippen MR) is 114 cm³/mol. The van der Waals surface area contributed by atoms with E-state index in [2.05, 4.69) is 4.98 Å².